The van der Waals surface area contributed by atoms with Crippen LogP contribution in [0.15, 0.2) is 42.5 Å². The maximum absolute atomic E-state index is 9.10. The van der Waals surface area contributed by atoms with Gasteiger partial charge in [-0.3, -0.25) is 0 Å². The number of benzene rings is 1. The maximum Gasteiger partial charge on any atom is 0.213 e. The lowest BCUT2D eigenvalue weighted by molar-refractivity contribution is 0.211. The molecule has 1 aromatic heterocycles. The summed E-state index contributed by atoms with van der Waals surface area (Å²) in [6.07, 6.45) is 0. The fraction of sp³-hybridized carbons (Fsp3) is 0.267. The lowest BCUT2D eigenvalue weighted by atomic mass is 10.2. The molecule has 4 nitrogen and oxygen atoms in total. The van der Waals surface area contributed by atoms with Crippen LogP contribution in [0.3, 0.4) is 0 Å². The summed E-state index contributed by atoms with van der Waals surface area (Å²) < 4.78 is 11.0. The van der Waals surface area contributed by atoms with Crippen LogP contribution in [-0.4, -0.2) is 23.3 Å². The molecular formula is C15H17NO3. The lowest BCUT2D eigenvalue weighted by Gasteiger charge is -2.09. The highest BCUT2D eigenvalue weighted by Crippen LogP contribution is 2.13. The van der Waals surface area contributed by atoms with Crippen LogP contribution in [0.5, 0.6) is 11.6 Å². The Morgan fingerprint density at radius 1 is 1.05 bits per heavy atom. The van der Waals surface area contributed by atoms with Gasteiger partial charge in [-0.1, -0.05) is 18.2 Å². The summed E-state index contributed by atoms with van der Waals surface area (Å²) in [6.45, 7) is 2.72. The first kappa shape index (κ1) is 13.4. The highest BCUT2D eigenvalue weighted by molar-refractivity contribution is 5.24. The highest BCUT2D eigenvalue weighted by Gasteiger charge is 2.01. The third kappa shape index (κ3) is 4.26. The van der Waals surface area contributed by atoms with Gasteiger partial charge in [-0.2, -0.15) is 0 Å². The average Bonchev–Trinajstić information content (AvgIpc) is 2.44. The number of aliphatic hydroxyl groups is 1. The van der Waals surface area contributed by atoms with Crippen LogP contribution in [0, 0.1) is 6.92 Å². The second-order valence-corrected chi connectivity index (χ2v) is 4.12. The fourth-order valence-electron chi connectivity index (χ4n) is 1.69. The highest BCUT2D eigenvalue weighted by atomic mass is 16.5. The quantitative estimate of drug-likeness (QED) is 0.809. The Bertz CT molecular complexity index is 514. The lowest BCUT2D eigenvalue weighted by Crippen LogP contribution is -2.10. The van der Waals surface area contributed by atoms with Gasteiger partial charge < -0.3 is 14.6 Å². The molecule has 0 aliphatic rings. The zero-order chi connectivity index (χ0) is 13.5. The molecular weight excluding hydrogens is 242 g/mol. The molecule has 19 heavy (non-hydrogen) atoms. The molecule has 0 unspecified atom stereocenters. The normalized spacial score (nSPS) is 10.2. The van der Waals surface area contributed by atoms with E-state index in [-0.39, 0.29) is 6.61 Å². The minimum atomic E-state index is -0.0137. The van der Waals surface area contributed by atoms with Crippen LogP contribution < -0.4 is 9.47 Å². The van der Waals surface area contributed by atoms with Crippen LogP contribution in [0.2, 0.25) is 0 Å². The molecule has 0 saturated heterocycles. The molecule has 0 amide bonds. The van der Waals surface area contributed by atoms with Crippen LogP contribution in [-0.2, 0) is 6.61 Å². The predicted octanol–water partition coefficient (Wildman–Crippen LogP) is 2.34. The monoisotopic (exact) mass is 259 g/mol. The zero-order valence-electron chi connectivity index (χ0n) is 10.9. The molecule has 2 rings (SSSR count). The summed E-state index contributed by atoms with van der Waals surface area (Å²) in [5.74, 6) is 1.33. The molecule has 0 saturated carbocycles. The van der Waals surface area contributed by atoms with Crippen molar-refractivity contribution in [2.45, 2.75) is 13.5 Å². The first-order chi connectivity index (χ1) is 9.28. The molecule has 0 atom stereocenters. The summed E-state index contributed by atoms with van der Waals surface area (Å²) in [4.78, 5) is 4.24. The van der Waals surface area contributed by atoms with Crippen molar-refractivity contribution in [3.63, 3.8) is 0 Å². The fourth-order valence-corrected chi connectivity index (χ4v) is 1.69. The van der Waals surface area contributed by atoms with E-state index >= 15 is 0 Å². The molecule has 1 heterocycles. The Labute approximate surface area is 112 Å². The number of aryl methyl sites for hydroxylation is 1. The van der Waals surface area contributed by atoms with Crippen molar-refractivity contribution in [1.82, 2.24) is 4.98 Å². The minimum Gasteiger partial charge on any atom is -0.490 e. The van der Waals surface area contributed by atoms with Gasteiger partial charge in [0.2, 0.25) is 5.88 Å². The van der Waals surface area contributed by atoms with Gasteiger partial charge in [-0.05, 0) is 30.7 Å². The van der Waals surface area contributed by atoms with Gasteiger partial charge in [0.1, 0.15) is 19.0 Å². The molecule has 1 N–H and O–H groups in total. The van der Waals surface area contributed by atoms with Crippen molar-refractivity contribution in [3.8, 4) is 11.6 Å². The predicted molar refractivity (Wildman–Crippen MR) is 72.3 cm³/mol. The Hall–Kier alpha value is -2.07. The van der Waals surface area contributed by atoms with Crippen molar-refractivity contribution < 1.29 is 14.6 Å². The van der Waals surface area contributed by atoms with Gasteiger partial charge in [0, 0.05) is 11.8 Å². The standard InChI is InChI=1S/C15H17NO3/c1-12-9-13(11-17)10-15(16-12)19-8-7-18-14-5-3-2-4-6-14/h2-6,9-10,17H,7-8,11H2,1H3. The smallest absolute Gasteiger partial charge is 0.213 e. The Morgan fingerprint density at radius 2 is 1.79 bits per heavy atom. The Kier molecular flexibility index (Phi) is 4.75. The number of para-hydroxylation sites is 1. The summed E-state index contributed by atoms with van der Waals surface area (Å²) in [6, 6.07) is 13.1. The van der Waals surface area contributed by atoms with Gasteiger partial charge in [0.25, 0.3) is 0 Å². The number of hydrogen-bond donors (Lipinski definition) is 1. The van der Waals surface area contributed by atoms with Crippen molar-refractivity contribution >= 4 is 0 Å². The molecule has 0 aliphatic heterocycles. The van der Waals surface area contributed by atoms with E-state index in [4.69, 9.17) is 14.6 Å². The van der Waals surface area contributed by atoms with Gasteiger partial charge in [-0.15, -0.1) is 0 Å². The molecule has 0 bridgehead atoms. The Balaban J connectivity index is 1.81. The number of aromatic nitrogens is 1. The van der Waals surface area contributed by atoms with E-state index < -0.39 is 0 Å². The first-order valence-electron chi connectivity index (χ1n) is 6.17. The van der Waals surface area contributed by atoms with Gasteiger partial charge in [0.15, 0.2) is 0 Å². The van der Waals surface area contributed by atoms with Crippen LogP contribution >= 0.6 is 0 Å². The second-order valence-electron chi connectivity index (χ2n) is 4.12. The minimum absolute atomic E-state index is 0.0137. The second kappa shape index (κ2) is 6.75. The number of pyridine rings is 1. The van der Waals surface area contributed by atoms with E-state index in [0.717, 1.165) is 17.0 Å². The summed E-state index contributed by atoms with van der Waals surface area (Å²) >= 11 is 0. The molecule has 4 heteroatoms. The third-order valence-electron chi connectivity index (χ3n) is 2.52. The van der Waals surface area contributed by atoms with E-state index in [2.05, 4.69) is 4.98 Å². The number of hydrogen-bond acceptors (Lipinski definition) is 4. The van der Waals surface area contributed by atoms with Gasteiger partial charge >= 0.3 is 0 Å². The Morgan fingerprint density at radius 3 is 2.53 bits per heavy atom. The number of ether oxygens (including phenoxy) is 2. The molecule has 0 spiro atoms. The molecule has 1 aromatic carbocycles. The van der Waals surface area contributed by atoms with Gasteiger partial charge in [0.05, 0.1) is 6.61 Å². The van der Waals surface area contributed by atoms with Gasteiger partial charge in [-0.25, -0.2) is 4.98 Å². The van der Waals surface area contributed by atoms with E-state index in [1.807, 2.05) is 43.3 Å². The number of rotatable bonds is 6. The van der Waals surface area contributed by atoms with E-state index in [1.54, 1.807) is 6.07 Å². The number of nitrogens with zero attached hydrogens (tertiary/aromatic N) is 1. The van der Waals surface area contributed by atoms with E-state index in [9.17, 15) is 0 Å². The van der Waals surface area contributed by atoms with E-state index in [1.165, 1.54) is 0 Å². The number of aliphatic hydroxyl groups excluding tert-OH is 1. The average molecular weight is 259 g/mol. The van der Waals surface area contributed by atoms with Crippen molar-refractivity contribution in [3.05, 3.63) is 53.7 Å². The molecule has 100 valence electrons. The summed E-state index contributed by atoms with van der Waals surface area (Å²) in [5, 5.41) is 9.10. The van der Waals surface area contributed by atoms with Crippen LogP contribution in [0.1, 0.15) is 11.3 Å². The molecule has 0 radical (unpaired) electrons. The largest absolute Gasteiger partial charge is 0.490 e. The van der Waals surface area contributed by atoms with Crippen molar-refractivity contribution in [2.24, 2.45) is 0 Å². The van der Waals surface area contributed by atoms with E-state index in [0.29, 0.717) is 19.1 Å². The topological polar surface area (TPSA) is 51.6 Å². The maximum atomic E-state index is 9.10. The molecule has 2 aromatic rings. The zero-order valence-corrected chi connectivity index (χ0v) is 10.9. The first-order valence-corrected chi connectivity index (χ1v) is 6.17. The summed E-state index contributed by atoms with van der Waals surface area (Å²) in [7, 11) is 0. The van der Waals surface area contributed by atoms with Crippen molar-refractivity contribution in [1.29, 1.82) is 0 Å². The van der Waals surface area contributed by atoms with Crippen LogP contribution in [0.4, 0.5) is 0 Å². The SMILES string of the molecule is Cc1cc(CO)cc(OCCOc2ccccc2)n1. The van der Waals surface area contributed by atoms with Crippen molar-refractivity contribution in [2.75, 3.05) is 13.2 Å². The molecule has 0 fully saturated rings. The third-order valence-corrected chi connectivity index (χ3v) is 2.52. The summed E-state index contributed by atoms with van der Waals surface area (Å²) in [5.41, 5.74) is 1.62. The molecule has 0 aliphatic carbocycles. The van der Waals surface area contributed by atoms with Crippen LogP contribution in [0.25, 0.3) is 0 Å².